The summed E-state index contributed by atoms with van der Waals surface area (Å²) in [5.74, 6) is 0.0534. The van der Waals surface area contributed by atoms with Crippen LogP contribution in [0.3, 0.4) is 0 Å². The number of hydrogen-bond acceptors (Lipinski definition) is 3. The fourth-order valence-corrected chi connectivity index (χ4v) is 1.62. The minimum Gasteiger partial charge on any atom is -0.340 e. The quantitative estimate of drug-likeness (QED) is 0.619. The summed E-state index contributed by atoms with van der Waals surface area (Å²) in [7, 11) is 0. The first-order valence-electron chi connectivity index (χ1n) is 4.95. The number of carbonyl (C=O) groups excluding carboxylic acids is 1. The van der Waals surface area contributed by atoms with Gasteiger partial charge in [-0.2, -0.15) is 0 Å². The largest absolute Gasteiger partial charge is 0.340 e. The smallest absolute Gasteiger partial charge is 0.239 e. The maximum Gasteiger partial charge on any atom is 0.239 e. The zero-order valence-corrected chi connectivity index (χ0v) is 8.20. The molecule has 0 aliphatic carbocycles. The maximum atomic E-state index is 11.6. The van der Waals surface area contributed by atoms with Crippen LogP contribution in [0.4, 0.5) is 0 Å². The number of carbonyl (C=O) groups is 1. The van der Waals surface area contributed by atoms with Crippen LogP contribution in [0.25, 0.3) is 0 Å². The summed E-state index contributed by atoms with van der Waals surface area (Å²) in [6, 6.07) is -0.202. The van der Waals surface area contributed by atoms with E-state index in [2.05, 4.69) is 0 Å². The molecular weight excluding hydrogens is 166 g/mol. The van der Waals surface area contributed by atoms with Crippen LogP contribution in [0.15, 0.2) is 0 Å². The van der Waals surface area contributed by atoms with Gasteiger partial charge in [0.25, 0.3) is 0 Å². The van der Waals surface area contributed by atoms with E-state index in [1.54, 1.807) is 4.90 Å². The van der Waals surface area contributed by atoms with Crippen LogP contribution in [-0.4, -0.2) is 36.0 Å². The first-order valence-corrected chi connectivity index (χ1v) is 4.95. The third kappa shape index (κ3) is 2.67. The number of nitrogens with zero attached hydrogens (tertiary/aromatic N) is 1. The van der Waals surface area contributed by atoms with Crippen molar-refractivity contribution < 1.29 is 4.79 Å². The first-order chi connectivity index (χ1) is 6.15. The summed E-state index contributed by atoms with van der Waals surface area (Å²) in [6.45, 7) is 3.42. The monoisotopic (exact) mass is 185 g/mol. The van der Waals surface area contributed by atoms with Gasteiger partial charge in [-0.1, -0.05) is 6.92 Å². The molecule has 4 nitrogen and oxygen atoms in total. The lowest BCUT2D eigenvalue weighted by Crippen LogP contribution is -2.51. The number of piperidine rings is 1. The second-order valence-corrected chi connectivity index (χ2v) is 3.70. The molecule has 1 heterocycles. The summed E-state index contributed by atoms with van der Waals surface area (Å²) >= 11 is 0. The standard InChI is InChI=1S/C9H19N3O/c1-2-8(11)9(13)12-5-3-4-7(10)6-12/h7-8H,2-6,10-11H2,1H3/t7?,8-/m0/s1. The normalized spacial score (nSPS) is 25.8. The lowest BCUT2D eigenvalue weighted by atomic mass is 10.1. The van der Waals surface area contributed by atoms with Crippen LogP contribution in [0, 0.1) is 0 Å². The van der Waals surface area contributed by atoms with Crippen LogP contribution < -0.4 is 11.5 Å². The lowest BCUT2D eigenvalue weighted by Gasteiger charge is -2.32. The topological polar surface area (TPSA) is 72.4 Å². The van der Waals surface area contributed by atoms with Crippen molar-refractivity contribution in [3.63, 3.8) is 0 Å². The Morgan fingerprint density at radius 1 is 1.69 bits per heavy atom. The third-order valence-corrected chi connectivity index (χ3v) is 2.53. The molecule has 0 aromatic heterocycles. The van der Waals surface area contributed by atoms with Gasteiger partial charge in [-0.05, 0) is 19.3 Å². The summed E-state index contributed by atoms with van der Waals surface area (Å²) in [4.78, 5) is 13.4. The molecule has 1 aliphatic rings. The zero-order valence-electron chi connectivity index (χ0n) is 8.20. The van der Waals surface area contributed by atoms with Crippen LogP contribution in [-0.2, 0) is 4.79 Å². The van der Waals surface area contributed by atoms with Gasteiger partial charge < -0.3 is 16.4 Å². The second-order valence-electron chi connectivity index (χ2n) is 3.70. The van der Waals surface area contributed by atoms with Gasteiger partial charge in [0, 0.05) is 19.1 Å². The highest BCUT2D eigenvalue weighted by Gasteiger charge is 2.24. The molecule has 0 aromatic rings. The molecule has 76 valence electrons. The molecule has 0 radical (unpaired) electrons. The molecule has 4 heteroatoms. The van der Waals surface area contributed by atoms with E-state index in [9.17, 15) is 4.79 Å². The molecule has 1 unspecified atom stereocenters. The van der Waals surface area contributed by atoms with Crippen molar-refractivity contribution in [2.24, 2.45) is 11.5 Å². The number of rotatable bonds is 2. The molecular formula is C9H19N3O. The SMILES string of the molecule is CC[C@H](N)C(=O)N1CCCC(N)C1. The van der Waals surface area contributed by atoms with E-state index in [0.29, 0.717) is 13.0 Å². The molecule has 0 spiro atoms. The van der Waals surface area contributed by atoms with E-state index in [4.69, 9.17) is 11.5 Å². The van der Waals surface area contributed by atoms with Crippen LogP contribution >= 0.6 is 0 Å². The van der Waals surface area contributed by atoms with E-state index in [0.717, 1.165) is 19.4 Å². The highest BCUT2D eigenvalue weighted by atomic mass is 16.2. The fourth-order valence-electron chi connectivity index (χ4n) is 1.62. The van der Waals surface area contributed by atoms with Crippen molar-refractivity contribution in [3.8, 4) is 0 Å². The second kappa shape index (κ2) is 4.58. The van der Waals surface area contributed by atoms with Gasteiger partial charge in [0.1, 0.15) is 0 Å². The third-order valence-electron chi connectivity index (χ3n) is 2.53. The molecule has 0 bridgehead atoms. The van der Waals surface area contributed by atoms with Crippen LogP contribution in [0.5, 0.6) is 0 Å². The van der Waals surface area contributed by atoms with Crippen molar-refractivity contribution in [1.29, 1.82) is 0 Å². The number of amides is 1. The molecule has 1 amide bonds. The Labute approximate surface area is 79.3 Å². The summed E-state index contributed by atoms with van der Waals surface area (Å²) in [5, 5.41) is 0. The molecule has 13 heavy (non-hydrogen) atoms. The minimum atomic E-state index is -0.342. The van der Waals surface area contributed by atoms with Gasteiger partial charge in [-0.3, -0.25) is 4.79 Å². The van der Waals surface area contributed by atoms with Gasteiger partial charge in [0.15, 0.2) is 0 Å². The predicted molar refractivity (Wildman–Crippen MR) is 52.1 cm³/mol. The average molecular weight is 185 g/mol. The number of nitrogens with two attached hydrogens (primary N) is 2. The fraction of sp³-hybridized carbons (Fsp3) is 0.889. The van der Waals surface area contributed by atoms with Crippen molar-refractivity contribution in [2.45, 2.75) is 38.3 Å². The molecule has 0 aromatic carbocycles. The Kier molecular flexibility index (Phi) is 3.69. The van der Waals surface area contributed by atoms with E-state index >= 15 is 0 Å². The first kappa shape index (κ1) is 10.5. The highest BCUT2D eigenvalue weighted by Crippen LogP contribution is 2.09. The molecule has 4 N–H and O–H groups in total. The molecule has 2 atom stereocenters. The van der Waals surface area contributed by atoms with E-state index in [1.807, 2.05) is 6.92 Å². The minimum absolute atomic E-state index is 0.0534. The molecule has 1 rings (SSSR count). The summed E-state index contributed by atoms with van der Waals surface area (Å²) in [5.41, 5.74) is 11.4. The molecule has 1 aliphatic heterocycles. The zero-order chi connectivity index (χ0) is 9.84. The van der Waals surface area contributed by atoms with Gasteiger partial charge in [0.05, 0.1) is 6.04 Å². The van der Waals surface area contributed by atoms with Crippen molar-refractivity contribution in [3.05, 3.63) is 0 Å². The van der Waals surface area contributed by atoms with Gasteiger partial charge in [0.2, 0.25) is 5.91 Å². The number of likely N-dealkylation sites (tertiary alicyclic amines) is 1. The van der Waals surface area contributed by atoms with Crippen molar-refractivity contribution >= 4 is 5.91 Å². The lowest BCUT2D eigenvalue weighted by molar-refractivity contribution is -0.133. The molecule has 0 saturated carbocycles. The highest BCUT2D eigenvalue weighted by molar-refractivity contribution is 5.81. The maximum absolute atomic E-state index is 11.6. The van der Waals surface area contributed by atoms with Crippen LogP contribution in [0.2, 0.25) is 0 Å². The Morgan fingerprint density at radius 2 is 2.38 bits per heavy atom. The van der Waals surface area contributed by atoms with Crippen molar-refractivity contribution in [2.75, 3.05) is 13.1 Å². The summed E-state index contributed by atoms with van der Waals surface area (Å²) in [6.07, 6.45) is 2.72. The van der Waals surface area contributed by atoms with Gasteiger partial charge >= 0.3 is 0 Å². The van der Waals surface area contributed by atoms with E-state index in [-0.39, 0.29) is 18.0 Å². The Balaban J connectivity index is 2.46. The van der Waals surface area contributed by atoms with Gasteiger partial charge in [-0.15, -0.1) is 0 Å². The molecule has 1 fully saturated rings. The predicted octanol–water partition coefficient (Wildman–Crippen LogP) is -0.327. The van der Waals surface area contributed by atoms with Crippen LogP contribution in [0.1, 0.15) is 26.2 Å². The molecule has 1 saturated heterocycles. The van der Waals surface area contributed by atoms with E-state index < -0.39 is 0 Å². The van der Waals surface area contributed by atoms with Crippen molar-refractivity contribution in [1.82, 2.24) is 4.90 Å². The van der Waals surface area contributed by atoms with E-state index in [1.165, 1.54) is 0 Å². The number of hydrogen-bond donors (Lipinski definition) is 2. The average Bonchev–Trinajstić information content (AvgIpc) is 2.15. The summed E-state index contributed by atoms with van der Waals surface area (Å²) < 4.78 is 0. The Morgan fingerprint density at radius 3 is 2.92 bits per heavy atom. The van der Waals surface area contributed by atoms with Gasteiger partial charge in [-0.25, -0.2) is 0 Å². The Bertz CT molecular complexity index is 184. The Hall–Kier alpha value is -0.610.